The van der Waals surface area contributed by atoms with Crippen molar-refractivity contribution >= 4 is 11.0 Å². The van der Waals surface area contributed by atoms with E-state index in [0.717, 1.165) is 16.8 Å². The Labute approximate surface area is 159 Å². The normalized spacial score (nSPS) is 18.4. The summed E-state index contributed by atoms with van der Waals surface area (Å²) in [6, 6.07) is 8.66. The Balaban J connectivity index is 1.84. The first-order chi connectivity index (χ1) is 13.6. The van der Waals surface area contributed by atoms with E-state index in [0.29, 0.717) is 28.2 Å². The maximum absolute atomic E-state index is 12.8. The second-order valence-corrected chi connectivity index (χ2v) is 6.88. The zero-order valence-corrected chi connectivity index (χ0v) is 15.3. The largest absolute Gasteiger partial charge is 0.482 e. The number of aliphatic hydroxyl groups excluding tert-OH is 1. The molecule has 0 fully saturated rings. The minimum atomic E-state index is -0.666. The van der Waals surface area contributed by atoms with Crippen LogP contribution in [0.3, 0.4) is 0 Å². The highest BCUT2D eigenvalue weighted by Gasteiger charge is 2.37. The zero-order valence-electron chi connectivity index (χ0n) is 15.3. The number of nitrogens with one attached hydrogen (secondary N) is 1. The van der Waals surface area contributed by atoms with Gasteiger partial charge in [-0.25, -0.2) is 4.79 Å². The summed E-state index contributed by atoms with van der Waals surface area (Å²) >= 11 is 0. The molecule has 2 unspecified atom stereocenters. The van der Waals surface area contributed by atoms with Crippen molar-refractivity contribution < 1.29 is 14.4 Å². The van der Waals surface area contributed by atoms with Gasteiger partial charge < -0.3 is 19.4 Å². The van der Waals surface area contributed by atoms with Gasteiger partial charge in [0.15, 0.2) is 5.75 Å². The maximum atomic E-state index is 12.8. The summed E-state index contributed by atoms with van der Waals surface area (Å²) in [5.41, 5.74) is 4.01. The van der Waals surface area contributed by atoms with Gasteiger partial charge in [0.2, 0.25) is 0 Å². The van der Waals surface area contributed by atoms with Crippen molar-refractivity contribution in [2.75, 3.05) is 6.61 Å². The minimum Gasteiger partial charge on any atom is -0.482 e. The van der Waals surface area contributed by atoms with Crippen LogP contribution in [0.1, 0.15) is 23.2 Å². The number of pyridine rings is 1. The Kier molecular flexibility index (Phi) is 3.63. The molecule has 2 N–H and O–H groups in total. The minimum absolute atomic E-state index is 0.268. The Hall–Kier alpha value is -3.39. The van der Waals surface area contributed by atoms with Crippen molar-refractivity contribution in [2.24, 2.45) is 0 Å². The molecule has 8 nitrogen and oxygen atoms in total. The lowest BCUT2D eigenvalue weighted by molar-refractivity contribution is 0.0759. The van der Waals surface area contributed by atoms with Crippen LogP contribution in [0.5, 0.6) is 5.75 Å². The number of hydrogen-bond acceptors (Lipinski definition) is 6. The SMILES string of the molecule is Cc1noc(C)c1-c1ccc2[nH]c(=O)n3c2c1OC(CO)C3c1ccccn1. The van der Waals surface area contributed by atoms with Crippen molar-refractivity contribution in [1.29, 1.82) is 0 Å². The zero-order chi connectivity index (χ0) is 19.4. The first kappa shape index (κ1) is 16.8. The molecule has 1 aliphatic heterocycles. The molecule has 3 aromatic heterocycles. The summed E-state index contributed by atoms with van der Waals surface area (Å²) in [6.07, 6.45) is 0.995. The molecule has 1 aromatic carbocycles. The fourth-order valence-electron chi connectivity index (χ4n) is 4.03. The number of ether oxygens (including phenoxy) is 1. The Morgan fingerprint density at radius 3 is 2.79 bits per heavy atom. The van der Waals surface area contributed by atoms with Gasteiger partial charge in [-0.2, -0.15) is 0 Å². The molecular formula is C20H18N4O4. The lowest BCUT2D eigenvalue weighted by atomic mass is 9.99. The number of imidazole rings is 1. The first-order valence-corrected chi connectivity index (χ1v) is 8.99. The van der Waals surface area contributed by atoms with E-state index in [2.05, 4.69) is 15.1 Å². The number of aromatic nitrogens is 4. The Morgan fingerprint density at radius 2 is 2.11 bits per heavy atom. The first-order valence-electron chi connectivity index (χ1n) is 8.99. The molecule has 0 radical (unpaired) electrons. The van der Waals surface area contributed by atoms with Crippen LogP contribution < -0.4 is 10.4 Å². The summed E-state index contributed by atoms with van der Waals surface area (Å²) in [7, 11) is 0. The number of aliphatic hydroxyl groups is 1. The van der Waals surface area contributed by atoms with Gasteiger partial charge in [0.05, 0.1) is 29.1 Å². The lowest BCUT2D eigenvalue weighted by Crippen LogP contribution is -2.41. The van der Waals surface area contributed by atoms with E-state index in [4.69, 9.17) is 9.26 Å². The van der Waals surface area contributed by atoms with E-state index in [-0.39, 0.29) is 12.3 Å². The molecule has 1 aliphatic rings. The molecule has 0 aliphatic carbocycles. The van der Waals surface area contributed by atoms with Crippen LogP contribution in [0.4, 0.5) is 0 Å². The van der Waals surface area contributed by atoms with Crippen molar-refractivity contribution in [3.8, 4) is 16.9 Å². The molecule has 4 aromatic rings. The molecule has 0 bridgehead atoms. The van der Waals surface area contributed by atoms with E-state index in [1.54, 1.807) is 16.8 Å². The topological polar surface area (TPSA) is 106 Å². The number of H-pyrrole nitrogens is 1. The standard InChI is InChI=1S/C20H18N4O4/c1-10-16(11(2)28-23-10)12-6-7-14-18-19(12)27-15(9-25)17(24(18)20(26)22-14)13-5-3-4-8-21-13/h3-8,15,17,25H,9H2,1-2H3,(H,22,26). The Bertz CT molecular complexity index is 1220. The van der Waals surface area contributed by atoms with Crippen molar-refractivity contribution in [3.63, 3.8) is 0 Å². The van der Waals surface area contributed by atoms with E-state index < -0.39 is 12.1 Å². The van der Waals surface area contributed by atoms with Crippen LogP contribution in [-0.2, 0) is 0 Å². The predicted octanol–water partition coefficient (Wildman–Crippen LogP) is 2.34. The van der Waals surface area contributed by atoms with Crippen molar-refractivity contribution in [2.45, 2.75) is 26.0 Å². The third kappa shape index (κ3) is 2.24. The highest BCUT2D eigenvalue weighted by Crippen LogP contribution is 2.44. The third-order valence-electron chi connectivity index (χ3n) is 5.21. The molecule has 142 valence electrons. The van der Waals surface area contributed by atoms with Crippen LogP contribution in [0.25, 0.3) is 22.2 Å². The third-order valence-corrected chi connectivity index (χ3v) is 5.21. The second kappa shape index (κ2) is 6.07. The van der Waals surface area contributed by atoms with E-state index in [1.165, 1.54) is 0 Å². The summed E-state index contributed by atoms with van der Waals surface area (Å²) in [5.74, 6) is 1.19. The summed E-state index contributed by atoms with van der Waals surface area (Å²) in [4.78, 5) is 20.1. The molecule has 0 amide bonds. The summed E-state index contributed by atoms with van der Waals surface area (Å²) in [5, 5.41) is 14.1. The van der Waals surface area contributed by atoms with Crippen LogP contribution >= 0.6 is 0 Å². The van der Waals surface area contributed by atoms with Gasteiger partial charge in [0, 0.05) is 11.8 Å². The molecule has 28 heavy (non-hydrogen) atoms. The molecule has 5 rings (SSSR count). The monoisotopic (exact) mass is 378 g/mol. The number of benzene rings is 1. The van der Waals surface area contributed by atoms with Crippen molar-refractivity contribution in [1.82, 2.24) is 19.7 Å². The second-order valence-electron chi connectivity index (χ2n) is 6.88. The van der Waals surface area contributed by atoms with Gasteiger partial charge in [-0.15, -0.1) is 0 Å². The molecular weight excluding hydrogens is 360 g/mol. The van der Waals surface area contributed by atoms with Crippen LogP contribution in [-0.4, -0.2) is 37.5 Å². The smallest absolute Gasteiger partial charge is 0.327 e. The van der Waals surface area contributed by atoms with Gasteiger partial charge in [0.25, 0.3) is 0 Å². The number of aryl methyl sites for hydroxylation is 2. The molecule has 0 saturated heterocycles. The van der Waals surface area contributed by atoms with Gasteiger partial charge in [0.1, 0.15) is 23.4 Å². The fourth-order valence-corrected chi connectivity index (χ4v) is 4.03. The quantitative estimate of drug-likeness (QED) is 0.567. The molecule has 0 spiro atoms. The lowest BCUT2D eigenvalue weighted by Gasteiger charge is -2.32. The molecule has 2 atom stereocenters. The average Bonchev–Trinajstić information content (AvgIpc) is 3.22. The Morgan fingerprint density at radius 1 is 1.25 bits per heavy atom. The van der Waals surface area contributed by atoms with Gasteiger partial charge in [-0.1, -0.05) is 11.2 Å². The molecule has 4 heterocycles. The van der Waals surface area contributed by atoms with E-state index >= 15 is 0 Å². The van der Waals surface area contributed by atoms with Crippen molar-refractivity contribution in [3.05, 3.63) is 64.2 Å². The number of nitrogens with zero attached hydrogens (tertiary/aromatic N) is 3. The van der Waals surface area contributed by atoms with Crippen LogP contribution in [0.15, 0.2) is 45.8 Å². The van der Waals surface area contributed by atoms with Gasteiger partial charge in [-0.3, -0.25) is 9.55 Å². The predicted molar refractivity (Wildman–Crippen MR) is 101 cm³/mol. The van der Waals surface area contributed by atoms with Crippen LogP contribution in [0, 0.1) is 13.8 Å². The van der Waals surface area contributed by atoms with Gasteiger partial charge >= 0.3 is 5.69 Å². The van der Waals surface area contributed by atoms with E-state index in [1.807, 2.05) is 38.1 Å². The highest BCUT2D eigenvalue weighted by molar-refractivity contribution is 5.92. The summed E-state index contributed by atoms with van der Waals surface area (Å²) < 4.78 is 13.2. The highest BCUT2D eigenvalue weighted by atomic mass is 16.5. The number of rotatable bonds is 3. The summed E-state index contributed by atoms with van der Waals surface area (Å²) in [6.45, 7) is 3.42. The maximum Gasteiger partial charge on any atom is 0.327 e. The average molecular weight is 378 g/mol. The molecule has 8 heteroatoms. The number of hydrogen-bond donors (Lipinski definition) is 2. The van der Waals surface area contributed by atoms with Gasteiger partial charge in [-0.05, 0) is 38.1 Å². The van der Waals surface area contributed by atoms with E-state index in [9.17, 15) is 9.90 Å². The fraction of sp³-hybridized carbons (Fsp3) is 0.250. The number of aromatic amines is 1. The molecule has 0 saturated carbocycles. The van der Waals surface area contributed by atoms with Crippen LogP contribution in [0.2, 0.25) is 0 Å².